The van der Waals surface area contributed by atoms with Gasteiger partial charge in [0, 0.05) is 35.7 Å². The average molecular weight is 487 g/mol. The number of hydrogen-bond donors (Lipinski definition) is 1. The number of nitrogens with one attached hydrogen (secondary N) is 1. The van der Waals surface area contributed by atoms with E-state index < -0.39 is 6.17 Å². The van der Waals surface area contributed by atoms with Gasteiger partial charge in [-0.3, -0.25) is 4.79 Å². The van der Waals surface area contributed by atoms with Crippen molar-refractivity contribution in [3.8, 4) is 11.4 Å². The number of benzene rings is 1. The molecule has 1 amide bonds. The van der Waals surface area contributed by atoms with Crippen LogP contribution in [0.25, 0.3) is 16.9 Å². The van der Waals surface area contributed by atoms with Gasteiger partial charge < -0.3 is 14.7 Å². The Kier molecular flexibility index (Phi) is 4.41. The average Bonchev–Trinajstić information content (AvgIpc) is 3.35. The predicted molar refractivity (Wildman–Crippen MR) is 133 cm³/mol. The summed E-state index contributed by atoms with van der Waals surface area (Å²) < 4.78 is 20.3. The maximum atomic E-state index is 13.4. The van der Waals surface area contributed by atoms with Crippen LogP contribution in [0, 0.1) is 18.3 Å². The second kappa shape index (κ2) is 7.38. The van der Waals surface area contributed by atoms with E-state index in [1.54, 1.807) is 10.7 Å². The molecule has 36 heavy (non-hydrogen) atoms. The Balaban J connectivity index is 1.16. The smallest absolute Gasteiger partial charge is 0.259 e. The van der Waals surface area contributed by atoms with E-state index in [0.29, 0.717) is 46.4 Å². The highest BCUT2D eigenvalue weighted by Crippen LogP contribution is 2.56. The number of amides is 1. The van der Waals surface area contributed by atoms with E-state index >= 15 is 0 Å². The van der Waals surface area contributed by atoms with Crippen LogP contribution in [0.15, 0.2) is 47.2 Å². The lowest BCUT2D eigenvalue weighted by Crippen LogP contribution is -2.46. The van der Waals surface area contributed by atoms with Crippen molar-refractivity contribution in [1.29, 1.82) is 0 Å². The summed E-state index contributed by atoms with van der Waals surface area (Å²) in [5, 5.41) is 11.4. The second-order valence-electron chi connectivity index (χ2n) is 11.0. The van der Waals surface area contributed by atoms with Crippen molar-refractivity contribution in [3.05, 3.63) is 59.7 Å². The maximum Gasteiger partial charge on any atom is 0.259 e. The molecule has 2 bridgehead atoms. The minimum atomic E-state index is -0.903. The van der Waals surface area contributed by atoms with Gasteiger partial charge >= 0.3 is 0 Å². The summed E-state index contributed by atoms with van der Waals surface area (Å²) in [6, 6.07) is 10.3. The van der Waals surface area contributed by atoms with Crippen molar-refractivity contribution in [2.45, 2.75) is 51.7 Å². The molecule has 4 atom stereocenters. The van der Waals surface area contributed by atoms with E-state index in [4.69, 9.17) is 4.52 Å². The lowest BCUT2D eigenvalue weighted by atomic mass is 9.62. The van der Waals surface area contributed by atoms with Gasteiger partial charge in [-0.2, -0.15) is 10.1 Å². The van der Waals surface area contributed by atoms with Gasteiger partial charge in [-0.05, 0) is 54.9 Å². The number of fused-ring (bicyclic) bond motifs is 2. The summed E-state index contributed by atoms with van der Waals surface area (Å²) in [5.74, 6) is 0.894. The van der Waals surface area contributed by atoms with Gasteiger partial charge in [0.05, 0.1) is 23.2 Å². The molecule has 9 heteroatoms. The Hall–Kier alpha value is -3.75. The van der Waals surface area contributed by atoms with Crippen molar-refractivity contribution < 1.29 is 13.7 Å². The molecule has 2 unspecified atom stereocenters. The van der Waals surface area contributed by atoms with Crippen LogP contribution in [-0.2, 0) is 0 Å². The van der Waals surface area contributed by atoms with Crippen molar-refractivity contribution in [3.63, 3.8) is 0 Å². The first-order chi connectivity index (χ1) is 17.3. The van der Waals surface area contributed by atoms with Gasteiger partial charge in [-0.15, -0.1) is 0 Å². The zero-order valence-corrected chi connectivity index (χ0v) is 20.4. The predicted octanol–water partition coefficient (Wildman–Crippen LogP) is 5.01. The Labute approximate surface area is 207 Å². The summed E-state index contributed by atoms with van der Waals surface area (Å²) in [7, 11) is 0. The molecule has 2 saturated heterocycles. The molecule has 0 radical (unpaired) electrons. The molecule has 184 valence electrons. The third kappa shape index (κ3) is 3.18. The van der Waals surface area contributed by atoms with E-state index in [9.17, 15) is 9.18 Å². The molecule has 1 N–H and O–H groups in total. The van der Waals surface area contributed by atoms with Gasteiger partial charge in [0.2, 0.25) is 11.7 Å². The van der Waals surface area contributed by atoms with Crippen LogP contribution in [-0.4, -0.2) is 44.4 Å². The largest absolute Gasteiger partial charge is 0.368 e. The fourth-order valence-corrected chi connectivity index (χ4v) is 5.81. The summed E-state index contributed by atoms with van der Waals surface area (Å²) >= 11 is 0. The van der Waals surface area contributed by atoms with Gasteiger partial charge in [-0.25, -0.2) is 8.91 Å². The molecule has 4 fully saturated rings. The van der Waals surface area contributed by atoms with Gasteiger partial charge in [-0.1, -0.05) is 31.1 Å². The second-order valence-corrected chi connectivity index (χ2v) is 11.0. The number of rotatable bonds is 5. The van der Waals surface area contributed by atoms with E-state index in [1.165, 1.54) is 6.42 Å². The number of aromatic nitrogens is 4. The first-order valence-electron chi connectivity index (χ1n) is 12.4. The molecule has 0 spiro atoms. The van der Waals surface area contributed by atoms with Crippen LogP contribution in [0.4, 0.5) is 15.8 Å². The standard InChI is InChI=1S/C27H27FN6O2/c1-14-4-5-15(24-31-26(36-32-24)18-11-20(18)28)8-21(14)30-25(35)19-12-29-34-7-6-17(10-22(19)34)33-13-16-9-23(33)27(16,2)3/h4-8,10,12,16,18,20,23H,9,11,13H2,1-3H3,(H,30,35)/t16?,18-,20-,23?/m0/s1. The highest BCUT2D eigenvalue weighted by molar-refractivity contribution is 6.09. The quantitative estimate of drug-likeness (QED) is 0.427. The van der Waals surface area contributed by atoms with Crippen LogP contribution >= 0.6 is 0 Å². The van der Waals surface area contributed by atoms with Crippen LogP contribution in [0.3, 0.4) is 0 Å². The van der Waals surface area contributed by atoms with E-state index in [0.717, 1.165) is 29.2 Å². The lowest BCUT2D eigenvalue weighted by molar-refractivity contribution is 0.102. The maximum absolute atomic E-state index is 13.4. The number of pyridine rings is 1. The van der Waals surface area contributed by atoms with Gasteiger partial charge in [0.15, 0.2) is 0 Å². The zero-order chi connectivity index (χ0) is 24.8. The molecule has 1 aromatic carbocycles. The molecule has 8 rings (SSSR count). The molecular formula is C27H27FN6O2. The van der Waals surface area contributed by atoms with Crippen molar-refractivity contribution >= 4 is 22.8 Å². The highest BCUT2D eigenvalue weighted by Gasteiger charge is 2.57. The zero-order valence-electron chi connectivity index (χ0n) is 20.4. The molecule has 2 aliphatic heterocycles. The monoisotopic (exact) mass is 486 g/mol. The third-order valence-electron chi connectivity index (χ3n) is 8.51. The SMILES string of the molecule is Cc1ccc(-c2noc([C@H]3C[C@@H]3F)n2)cc1NC(=O)c1cnn2ccc(N3CC4CC3C4(C)C)cc12. The Bertz CT molecular complexity index is 1520. The van der Waals surface area contributed by atoms with Crippen LogP contribution < -0.4 is 10.2 Å². The highest BCUT2D eigenvalue weighted by atomic mass is 19.1. The Morgan fingerprint density at radius 2 is 2.06 bits per heavy atom. The number of carbonyl (C=O) groups excluding carboxylic acids is 1. The van der Waals surface area contributed by atoms with Crippen molar-refractivity contribution in [2.24, 2.45) is 11.3 Å². The van der Waals surface area contributed by atoms with Crippen LogP contribution in [0.5, 0.6) is 0 Å². The van der Waals surface area contributed by atoms with Crippen molar-refractivity contribution in [2.75, 3.05) is 16.8 Å². The fourth-order valence-electron chi connectivity index (χ4n) is 5.81. The number of alkyl halides is 1. The molecule has 2 saturated carbocycles. The molecule has 3 aromatic heterocycles. The first-order valence-corrected chi connectivity index (χ1v) is 12.4. The normalized spacial score (nSPS) is 25.7. The molecule has 5 heterocycles. The Morgan fingerprint density at radius 3 is 2.78 bits per heavy atom. The van der Waals surface area contributed by atoms with Crippen LogP contribution in [0.2, 0.25) is 0 Å². The summed E-state index contributed by atoms with van der Waals surface area (Å²) in [6.45, 7) is 7.67. The van der Waals surface area contributed by atoms with E-state index in [-0.39, 0.29) is 11.8 Å². The molecular weight excluding hydrogens is 459 g/mol. The first kappa shape index (κ1) is 21.5. The van der Waals surface area contributed by atoms with E-state index in [1.807, 2.05) is 31.3 Å². The number of halogens is 1. The molecule has 4 aromatic rings. The number of carbonyl (C=O) groups is 1. The minimum absolute atomic E-state index is 0.236. The topological polar surface area (TPSA) is 88.6 Å². The third-order valence-corrected chi connectivity index (χ3v) is 8.51. The van der Waals surface area contributed by atoms with Gasteiger partial charge in [0.25, 0.3) is 5.91 Å². The molecule has 4 aliphatic rings. The van der Waals surface area contributed by atoms with Crippen LogP contribution in [0.1, 0.15) is 54.4 Å². The summed E-state index contributed by atoms with van der Waals surface area (Å²) in [4.78, 5) is 20.2. The minimum Gasteiger partial charge on any atom is -0.368 e. The Morgan fingerprint density at radius 1 is 1.22 bits per heavy atom. The number of hydrogen-bond acceptors (Lipinski definition) is 6. The molecule has 8 nitrogen and oxygen atoms in total. The van der Waals surface area contributed by atoms with E-state index in [2.05, 4.69) is 51.4 Å². The lowest BCUT2D eigenvalue weighted by Gasteiger charge is -2.44. The molecule has 2 aliphatic carbocycles. The van der Waals surface area contributed by atoms with Crippen molar-refractivity contribution in [1.82, 2.24) is 19.8 Å². The summed E-state index contributed by atoms with van der Waals surface area (Å²) in [5.41, 5.74) is 4.99. The number of nitrogens with zero attached hydrogens (tertiary/aromatic N) is 5. The fraction of sp³-hybridized carbons (Fsp3) is 0.407. The summed E-state index contributed by atoms with van der Waals surface area (Å²) in [6.07, 6.45) is 4.29. The van der Waals surface area contributed by atoms with Gasteiger partial charge in [0.1, 0.15) is 6.17 Å². The number of anilines is 2. The number of aryl methyl sites for hydroxylation is 1.